The van der Waals surface area contributed by atoms with E-state index in [0.29, 0.717) is 0 Å². The average Bonchev–Trinajstić information content (AvgIpc) is 3.61. The summed E-state index contributed by atoms with van der Waals surface area (Å²) < 4.78 is 2.65. The molecule has 218 valence electrons. The molecule has 9 rings (SSSR count). The number of hydrogen-bond donors (Lipinski definition) is 0. The van der Waals surface area contributed by atoms with Crippen LogP contribution in [0.15, 0.2) is 140 Å². The van der Waals surface area contributed by atoms with Crippen molar-refractivity contribution in [1.82, 2.24) is 15.0 Å². The first kappa shape index (κ1) is 26.9. The lowest BCUT2D eigenvalue weighted by Crippen LogP contribution is -2.17. The van der Waals surface area contributed by atoms with Crippen molar-refractivity contribution in [3.05, 3.63) is 151 Å². The fraction of sp³-hybridized carbons (Fsp3) is 0.0714. The second-order valence-corrected chi connectivity index (χ2v) is 13.5. The zero-order chi connectivity index (χ0) is 30.8. The van der Waals surface area contributed by atoms with Crippen molar-refractivity contribution in [2.45, 2.75) is 19.3 Å². The summed E-state index contributed by atoms with van der Waals surface area (Å²) in [6.45, 7) is 4.59. The van der Waals surface area contributed by atoms with E-state index >= 15 is 0 Å². The Kier molecular flexibility index (Phi) is 6.02. The Morgan fingerprint density at radius 1 is 0.522 bits per heavy atom. The molecule has 0 aliphatic heterocycles. The minimum absolute atomic E-state index is 0.236. The smallest absolute Gasteiger partial charge is 0.160 e. The third-order valence-corrected chi connectivity index (χ3v) is 10.6. The quantitative estimate of drug-likeness (QED) is 0.200. The number of thiophene rings is 1. The molecule has 0 fully saturated rings. The second kappa shape index (κ2) is 10.3. The lowest BCUT2D eigenvalue weighted by Gasteiger charge is -2.24. The first-order valence-corrected chi connectivity index (χ1v) is 16.4. The Bertz CT molecular complexity index is 2440. The highest BCUT2D eigenvalue weighted by molar-refractivity contribution is 7.26. The molecule has 3 heterocycles. The summed E-state index contributed by atoms with van der Waals surface area (Å²) in [5.74, 6) is 0.733. The molecule has 5 aromatic carbocycles. The molecule has 0 bridgehead atoms. The van der Waals surface area contributed by atoms with Crippen molar-refractivity contribution in [1.29, 1.82) is 0 Å². The van der Waals surface area contributed by atoms with Gasteiger partial charge in [-0.05, 0) is 52.1 Å². The minimum Gasteiger partial charge on any atom is -0.265 e. The molecule has 8 aromatic rings. The summed E-state index contributed by atoms with van der Waals surface area (Å²) in [7, 11) is 0. The third kappa shape index (κ3) is 4.14. The molecule has 1 aliphatic rings. The molecular formula is C42H29N3S. The standard InChI is InChI=1S/C42H29N3S/c1-42(2)35-15-5-3-12-34(35)39-37(42)38(44-41(45-39)30-10-7-9-29(25-30)26-21-23-43-24-22-26)28-19-17-27(18-20-28)31-13-8-14-33-32-11-4-6-16-36(32)46-40(31)33/h3-25H,1-2H3. The SMILES string of the molecule is CC1(C)c2ccccc2-c2nc(-c3cccc(-c4ccncc4)c3)nc(-c3ccc(-c4cccc5c4sc4ccccc45)cc3)c21. The van der Waals surface area contributed by atoms with Crippen molar-refractivity contribution in [3.8, 4) is 56.2 Å². The van der Waals surface area contributed by atoms with Gasteiger partial charge < -0.3 is 0 Å². The summed E-state index contributed by atoms with van der Waals surface area (Å²) in [6, 6.07) is 45.6. The lowest BCUT2D eigenvalue weighted by molar-refractivity contribution is 0.658. The number of pyridine rings is 1. The number of nitrogens with zero attached hydrogens (tertiary/aromatic N) is 3. The predicted octanol–water partition coefficient (Wildman–Crippen LogP) is 11.2. The van der Waals surface area contributed by atoms with Gasteiger partial charge in [-0.15, -0.1) is 11.3 Å². The van der Waals surface area contributed by atoms with Crippen LogP contribution in [0, 0.1) is 0 Å². The molecule has 0 spiro atoms. The van der Waals surface area contributed by atoms with Crippen LogP contribution in [-0.2, 0) is 5.41 Å². The summed E-state index contributed by atoms with van der Waals surface area (Å²) in [6.07, 6.45) is 3.66. The number of aromatic nitrogens is 3. The maximum atomic E-state index is 5.36. The van der Waals surface area contributed by atoms with Crippen LogP contribution in [0.3, 0.4) is 0 Å². The van der Waals surface area contributed by atoms with Gasteiger partial charge in [-0.3, -0.25) is 4.98 Å². The van der Waals surface area contributed by atoms with Crippen LogP contribution in [0.1, 0.15) is 25.0 Å². The van der Waals surface area contributed by atoms with Crippen LogP contribution in [0.2, 0.25) is 0 Å². The Hall–Kier alpha value is -5.45. The van der Waals surface area contributed by atoms with E-state index in [1.165, 1.54) is 48.0 Å². The molecule has 0 atom stereocenters. The predicted molar refractivity (Wildman–Crippen MR) is 192 cm³/mol. The first-order valence-electron chi connectivity index (χ1n) is 15.6. The molecule has 0 radical (unpaired) electrons. The van der Waals surface area contributed by atoms with Gasteiger partial charge in [0.1, 0.15) is 0 Å². The number of rotatable bonds is 4. The second-order valence-electron chi connectivity index (χ2n) is 12.5. The van der Waals surface area contributed by atoms with Crippen LogP contribution in [-0.4, -0.2) is 15.0 Å². The van der Waals surface area contributed by atoms with Crippen LogP contribution < -0.4 is 0 Å². The van der Waals surface area contributed by atoms with Crippen molar-refractivity contribution in [2.75, 3.05) is 0 Å². The molecule has 0 N–H and O–H groups in total. The molecule has 46 heavy (non-hydrogen) atoms. The summed E-state index contributed by atoms with van der Waals surface area (Å²) >= 11 is 1.87. The highest BCUT2D eigenvalue weighted by Gasteiger charge is 2.40. The lowest BCUT2D eigenvalue weighted by atomic mass is 9.80. The van der Waals surface area contributed by atoms with Crippen LogP contribution in [0.5, 0.6) is 0 Å². The largest absolute Gasteiger partial charge is 0.265 e. The molecule has 1 aliphatic carbocycles. The monoisotopic (exact) mass is 607 g/mol. The van der Waals surface area contributed by atoms with Crippen molar-refractivity contribution >= 4 is 31.5 Å². The Labute approximate surface area is 271 Å². The Morgan fingerprint density at radius 3 is 2.07 bits per heavy atom. The minimum atomic E-state index is -0.236. The molecule has 3 nitrogen and oxygen atoms in total. The normalized spacial score (nSPS) is 13.2. The average molecular weight is 608 g/mol. The fourth-order valence-corrected chi connectivity index (χ4v) is 8.36. The van der Waals surface area contributed by atoms with E-state index in [2.05, 4.69) is 134 Å². The molecule has 3 aromatic heterocycles. The van der Waals surface area contributed by atoms with Gasteiger partial charge in [-0.1, -0.05) is 117 Å². The molecule has 0 saturated heterocycles. The summed E-state index contributed by atoms with van der Waals surface area (Å²) in [5.41, 5.74) is 12.2. The summed E-state index contributed by atoms with van der Waals surface area (Å²) in [5, 5.41) is 2.63. The van der Waals surface area contributed by atoms with Crippen LogP contribution in [0.4, 0.5) is 0 Å². The first-order chi connectivity index (χ1) is 22.6. The van der Waals surface area contributed by atoms with Crippen LogP contribution >= 0.6 is 11.3 Å². The van der Waals surface area contributed by atoms with Gasteiger partial charge in [0.05, 0.1) is 11.4 Å². The van der Waals surface area contributed by atoms with Gasteiger partial charge in [-0.25, -0.2) is 9.97 Å². The fourth-order valence-electron chi connectivity index (χ4n) is 7.12. The van der Waals surface area contributed by atoms with Gasteiger partial charge in [-0.2, -0.15) is 0 Å². The van der Waals surface area contributed by atoms with Crippen LogP contribution in [0.25, 0.3) is 76.3 Å². The topological polar surface area (TPSA) is 38.7 Å². The van der Waals surface area contributed by atoms with Gasteiger partial charge >= 0.3 is 0 Å². The van der Waals surface area contributed by atoms with E-state index in [0.717, 1.165) is 39.5 Å². The number of fused-ring (bicyclic) bond motifs is 6. The van der Waals surface area contributed by atoms with E-state index in [9.17, 15) is 0 Å². The molecule has 4 heteroatoms. The molecular weight excluding hydrogens is 579 g/mol. The summed E-state index contributed by atoms with van der Waals surface area (Å²) in [4.78, 5) is 14.8. The highest BCUT2D eigenvalue weighted by atomic mass is 32.1. The number of hydrogen-bond acceptors (Lipinski definition) is 4. The van der Waals surface area contributed by atoms with Crippen molar-refractivity contribution in [2.24, 2.45) is 0 Å². The van der Waals surface area contributed by atoms with Gasteiger partial charge in [0.25, 0.3) is 0 Å². The van der Waals surface area contributed by atoms with E-state index in [-0.39, 0.29) is 5.41 Å². The van der Waals surface area contributed by atoms with Gasteiger partial charge in [0, 0.05) is 60.2 Å². The van der Waals surface area contributed by atoms with E-state index in [1.54, 1.807) is 0 Å². The van der Waals surface area contributed by atoms with E-state index in [1.807, 2.05) is 35.9 Å². The zero-order valence-corrected chi connectivity index (χ0v) is 26.3. The Morgan fingerprint density at radius 2 is 1.20 bits per heavy atom. The highest BCUT2D eigenvalue weighted by Crippen LogP contribution is 2.51. The van der Waals surface area contributed by atoms with Gasteiger partial charge in [0.15, 0.2) is 5.82 Å². The maximum Gasteiger partial charge on any atom is 0.160 e. The van der Waals surface area contributed by atoms with Crippen molar-refractivity contribution < 1.29 is 0 Å². The van der Waals surface area contributed by atoms with Gasteiger partial charge in [0.2, 0.25) is 0 Å². The zero-order valence-electron chi connectivity index (χ0n) is 25.5. The van der Waals surface area contributed by atoms with E-state index in [4.69, 9.17) is 9.97 Å². The Balaban J connectivity index is 1.21. The maximum absolute atomic E-state index is 5.36. The molecule has 0 saturated carbocycles. The molecule has 0 unspecified atom stereocenters. The van der Waals surface area contributed by atoms with Crippen molar-refractivity contribution in [3.63, 3.8) is 0 Å². The van der Waals surface area contributed by atoms with E-state index < -0.39 is 0 Å². The molecule has 0 amide bonds. The third-order valence-electron chi connectivity index (χ3n) is 9.40. The number of benzene rings is 5.